The maximum absolute atomic E-state index is 12.2. The van der Waals surface area contributed by atoms with Crippen molar-refractivity contribution in [1.82, 2.24) is 5.32 Å². The molecule has 4 heteroatoms. The van der Waals surface area contributed by atoms with Gasteiger partial charge < -0.3 is 15.8 Å². The van der Waals surface area contributed by atoms with Crippen LogP contribution in [0.1, 0.15) is 44.0 Å². The molecule has 0 aliphatic heterocycles. The van der Waals surface area contributed by atoms with Gasteiger partial charge in [-0.25, -0.2) is 0 Å². The van der Waals surface area contributed by atoms with E-state index in [0.717, 1.165) is 12.8 Å². The van der Waals surface area contributed by atoms with Gasteiger partial charge in [-0.05, 0) is 37.5 Å². The third kappa shape index (κ3) is 4.47. The third-order valence-corrected chi connectivity index (χ3v) is 3.34. The third-order valence-electron chi connectivity index (χ3n) is 3.34. The summed E-state index contributed by atoms with van der Waals surface area (Å²) in [7, 11) is 1.57. The van der Waals surface area contributed by atoms with Crippen LogP contribution in [0.3, 0.4) is 0 Å². The fourth-order valence-corrected chi connectivity index (χ4v) is 1.99. The van der Waals surface area contributed by atoms with Crippen molar-refractivity contribution in [2.75, 3.05) is 12.8 Å². The first-order valence-electron chi connectivity index (χ1n) is 6.72. The topological polar surface area (TPSA) is 64.3 Å². The van der Waals surface area contributed by atoms with Crippen LogP contribution < -0.4 is 15.8 Å². The molecule has 0 aromatic heterocycles. The molecule has 1 amide bonds. The van der Waals surface area contributed by atoms with Crippen LogP contribution in [-0.4, -0.2) is 19.1 Å². The number of methoxy groups -OCH3 is 1. The summed E-state index contributed by atoms with van der Waals surface area (Å²) >= 11 is 0. The Morgan fingerprint density at radius 2 is 2.11 bits per heavy atom. The van der Waals surface area contributed by atoms with Gasteiger partial charge in [-0.2, -0.15) is 0 Å². The summed E-state index contributed by atoms with van der Waals surface area (Å²) in [4.78, 5) is 12.2. The molecule has 3 N–H and O–H groups in total. The van der Waals surface area contributed by atoms with Crippen LogP contribution in [0.5, 0.6) is 5.75 Å². The summed E-state index contributed by atoms with van der Waals surface area (Å²) in [6.07, 6.45) is 2.08. The summed E-state index contributed by atoms with van der Waals surface area (Å²) in [6, 6.07) is 5.23. The van der Waals surface area contributed by atoms with Gasteiger partial charge in [-0.3, -0.25) is 4.79 Å². The molecular weight excluding hydrogens is 240 g/mol. The highest BCUT2D eigenvalue weighted by molar-refractivity contribution is 5.99. The molecule has 0 aliphatic rings. The zero-order valence-corrected chi connectivity index (χ0v) is 12.2. The van der Waals surface area contributed by atoms with Crippen LogP contribution in [0.25, 0.3) is 0 Å². The van der Waals surface area contributed by atoms with Crippen LogP contribution in [0, 0.1) is 5.92 Å². The Kier molecular flexibility index (Phi) is 5.67. The molecule has 19 heavy (non-hydrogen) atoms. The second-order valence-corrected chi connectivity index (χ2v) is 5.08. The monoisotopic (exact) mass is 264 g/mol. The summed E-state index contributed by atoms with van der Waals surface area (Å²) in [5, 5.41) is 2.98. The Labute approximate surface area is 115 Å². The first kappa shape index (κ1) is 15.3. The molecule has 0 heterocycles. The van der Waals surface area contributed by atoms with E-state index in [1.165, 1.54) is 0 Å². The Morgan fingerprint density at radius 3 is 2.68 bits per heavy atom. The molecule has 2 atom stereocenters. The molecule has 1 aromatic carbocycles. The SMILES string of the molecule is CCC(C)CC(C)NC(=O)c1cc(OC)ccc1N. The first-order valence-corrected chi connectivity index (χ1v) is 6.72. The summed E-state index contributed by atoms with van der Waals surface area (Å²) in [5.74, 6) is 1.08. The molecular formula is C15H24N2O2. The molecule has 4 nitrogen and oxygen atoms in total. The lowest BCUT2D eigenvalue weighted by atomic mass is 10.00. The molecule has 0 fully saturated rings. The van der Waals surface area contributed by atoms with E-state index in [2.05, 4.69) is 19.2 Å². The lowest BCUT2D eigenvalue weighted by Crippen LogP contribution is -2.34. The highest BCUT2D eigenvalue weighted by atomic mass is 16.5. The van der Waals surface area contributed by atoms with Crippen molar-refractivity contribution < 1.29 is 9.53 Å². The molecule has 1 rings (SSSR count). The number of nitrogen functional groups attached to an aromatic ring is 1. The Hall–Kier alpha value is -1.71. The van der Waals surface area contributed by atoms with Gasteiger partial charge in [0.25, 0.3) is 5.91 Å². The number of hydrogen-bond donors (Lipinski definition) is 2. The highest BCUT2D eigenvalue weighted by Gasteiger charge is 2.15. The quantitative estimate of drug-likeness (QED) is 0.776. The predicted octanol–water partition coefficient (Wildman–Crippen LogP) is 2.83. The summed E-state index contributed by atoms with van der Waals surface area (Å²) in [6.45, 7) is 6.35. The number of carbonyl (C=O) groups is 1. The molecule has 0 aliphatic carbocycles. The largest absolute Gasteiger partial charge is 0.497 e. The van der Waals surface area contributed by atoms with E-state index in [9.17, 15) is 4.79 Å². The Balaban J connectivity index is 2.72. The van der Waals surface area contributed by atoms with E-state index >= 15 is 0 Å². The van der Waals surface area contributed by atoms with E-state index in [0.29, 0.717) is 22.9 Å². The van der Waals surface area contributed by atoms with Gasteiger partial charge in [0.1, 0.15) is 5.75 Å². The van der Waals surface area contributed by atoms with Crippen molar-refractivity contribution in [1.29, 1.82) is 0 Å². The molecule has 2 unspecified atom stereocenters. The molecule has 0 bridgehead atoms. The Morgan fingerprint density at radius 1 is 1.42 bits per heavy atom. The van der Waals surface area contributed by atoms with Crippen LogP contribution in [0.2, 0.25) is 0 Å². The second-order valence-electron chi connectivity index (χ2n) is 5.08. The minimum Gasteiger partial charge on any atom is -0.497 e. The molecule has 0 radical (unpaired) electrons. The number of rotatable bonds is 6. The average molecular weight is 264 g/mol. The maximum Gasteiger partial charge on any atom is 0.253 e. The van der Waals surface area contributed by atoms with E-state index in [1.54, 1.807) is 25.3 Å². The van der Waals surface area contributed by atoms with E-state index in [4.69, 9.17) is 10.5 Å². The van der Waals surface area contributed by atoms with Gasteiger partial charge in [0.2, 0.25) is 0 Å². The van der Waals surface area contributed by atoms with Crippen molar-refractivity contribution in [2.24, 2.45) is 5.92 Å². The van der Waals surface area contributed by atoms with Gasteiger partial charge in [0, 0.05) is 11.7 Å². The molecule has 1 aromatic rings. The molecule has 0 saturated carbocycles. The van der Waals surface area contributed by atoms with Gasteiger partial charge in [0.05, 0.1) is 12.7 Å². The highest BCUT2D eigenvalue weighted by Crippen LogP contribution is 2.20. The molecule has 106 valence electrons. The number of hydrogen-bond acceptors (Lipinski definition) is 3. The fourth-order valence-electron chi connectivity index (χ4n) is 1.99. The van der Waals surface area contributed by atoms with Crippen molar-refractivity contribution in [3.63, 3.8) is 0 Å². The maximum atomic E-state index is 12.2. The van der Waals surface area contributed by atoms with Gasteiger partial charge in [-0.15, -0.1) is 0 Å². The fraction of sp³-hybridized carbons (Fsp3) is 0.533. The lowest BCUT2D eigenvalue weighted by molar-refractivity contribution is 0.0936. The van der Waals surface area contributed by atoms with Gasteiger partial charge in [-0.1, -0.05) is 20.3 Å². The number of ether oxygens (including phenoxy) is 1. The van der Waals surface area contributed by atoms with Gasteiger partial charge >= 0.3 is 0 Å². The van der Waals surface area contributed by atoms with Crippen LogP contribution in [-0.2, 0) is 0 Å². The van der Waals surface area contributed by atoms with Crippen molar-refractivity contribution in [3.05, 3.63) is 23.8 Å². The average Bonchev–Trinajstić information content (AvgIpc) is 2.38. The second kappa shape index (κ2) is 7.02. The van der Waals surface area contributed by atoms with Crippen molar-refractivity contribution in [3.8, 4) is 5.75 Å². The smallest absolute Gasteiger partial charge is 0.253 e. The molecule has 0 spiro atoms. The van der Waals surface area contributed by atoms with E-state index in [-0.39, 0.29) is 11.9 Å². The predicted molar refractivity (Wildman–Crippen MR) is 78.4 cm³/mol. The number of nitrogens with two attached hydrogens (primary N) is 1. The van der Waals surface area contributed by atoms with Crippen LogP contribution in [0.15, 0.2) is 18.2 Å². The number of benzene rings is 1. The zero-order chi connectivity index (χ0) is 14.4. The number of amides is 1. The molecule has 0 saturated heterocycles. The lowest BCUT2D eigenvalue weighted by Gasteiger charge is -2.18. The number of carbonyl (C=O) groups excluding carboxylic acids is 1. The minimum absolute atomic E-state index is 0.132. The summed E-state index contributed by atoms with van der Waals surface area (Å²) < 4.78 is 5.11. The number of nitrogens with one attached hydrogen (secondary N) is 1. The van der Waals surface area contributed by atoms with Crippen molar-refractivity contribution in [2.45, 2.75) is 39.7 Å². The van der Waals surface area contributed by atoms with Crippen molar-refractivity contribution >= 4 is 11.6 Å². The standard InChI is InChI=1S/C15H24N2O2/c1-5-10(2)8-11(3)17-15(18)13-9-12(19-4)6-7-14(13)16/h6-7,9-11H,5,8,16H2,1-4H3,(H,17,18). The van der Waals surface area contributed by atoms with E-state index < -0.39 is 0 Å². The van der Waals surface area contributed by atoms with E-state index in [1.807, 2.05) is 6.92 Å². The first-order chi connectivity index (χ1) is 8.97. The normalized spacial score (nSPS) is 13.7. The number of anilines is 1. The van der Waals surface area contributed by atoms with Crippen LogP contribution in [0.4, 0.5) is 5.69 Å². The van der Waals surface area contributed by atoms with Crippen LogP contribution >= 0.6 is 0 Å². The Bertz CT molecular complexity index is 432. The summed E-state index contributed by atoms with van der Waals surface area (Å²) in [5.41, 5.74) is 6.77. The minimum atomic E-state index is -0.146. The van der Waals surface area contributed by atoms with Gasteiger partial charge in [0.15, 0.2) is 0 Å². The zero-order valence-electron chi connectivity index (χ0n) is 12.2.